The van der Waals surface area contributed by atoms with E-state index in [4.69, 9.17) is 22.1 Å². The smallest absolute Gasteiger partial charge is 0.125 e. The molecule has 0 aliphatic carbocycles. The van der Waals surface area contributed by atoms with Crippen LogP contribution >= 0.6 is 11.6 Å². The molecule has 106 valence electrons. The summed E-state index contributed by atoms with van der Waals surface area (Å²) >= 11 is 6.00. The van der Waals surface area contributed by atoms with Gasteiger partial charge in [-0.1, -0.05) is 54.1 Å². The third-order valence-corrected chi connectivity index (χ3v) is 3.90. The van der Waals surface area contributed by atoms with E-state index in [9.17, 15) is 0 Å². The monoisotopic (exact) mass is 297 g/mol. The maximum absolute atomic E-state index is 6.41. The first kappa shape index (κ1) is 13.9. The standard InChI is InChI=1S/C18H16ClNO/c1-21-17-11-15(19)8-9-16(17)18(20)14-7-6-12-4-2-3-5-13(12)10-14/h2-11,18H,20H2,1H3. The Labute approximate surface area is 129 Å². The third-order valence-electron chi connectivity index (χ3n) is 3.66. The molecule has 0 spiro atoms. The molecule has 2 nitrogen and oxygen atoms in total. The van der Waals surface area contributed by atoms with E-state index in [1.54, 1.807) is 13.2 Å². The van der Waals surface area contributed by atoms with Gasteiger partial charge in [0.15, 0.2) is 0 Å². The molecule has 0 fully saturated rings. The Morgan fingerprint density at radius 2 is 1.71 bits per heavy atom. The zero-order chi connectivity index (χ0) is 14.8. The Morgan fingerprint density at radius 1 is 0.952 bits per heavy atom. The van der Waals surface area contributed by atoms with Gasteiger partial charge >= 0.3 is 0 Å². The highest BCUT2D eigenvalue weighted by Crippen LogP contribution is 2.31. The molecular formula is C18H16ClNO. The topological polar surface area (TPSA) is 35.2 Å². The van der Waals surface area contributed by atoms with Gasteiger partial charge in [-0.2, -0.15) is 0 Å². The van der Waals surface area contributed by atoms with Crippen LogP contribution in [0.1, 0.15) is 17.2 Å². The van der Waals surface area contributed by atoms with Crippen LogP contribution in [0.5, 0.6) is 5.75 Å². The number of hydrogen-bond acceptors (Lipinski definition) is 2. The van der Waals surface area contributed by atoms with Crippen LogP contribution in [-0.4, -0.2) is 7.11 Å². The summed E-state index contributed by atoms with van der Waals surface area (Å²) in [4.78, 5) is 0. The Bertz CT molecular complexity index is 785. The molecule has 0 saturated carbocycles. The van der Waals surface area contributed by atoms with Gasteiger partial charge in [0.2, 0.25) is 0 Å². The van der Waals surface area contributed by atoms with Crippen LogP contribution in [0.25, 0.3) is 10.8 Å². The lowest BCUT2D eigenvalue weighted by Gasteiger charge is -2.17. The van der Waals surface area contributed by atoms with Crippen LogP contribution in [0.4, 0.5) is 0 Å². The Hall–Kier alpha value is -2.03. The normalized spacial score (nSPS) is 12.3. The second kappa shape index (κ2) is 5.76. The van der Waals surface area contributed by atoms with Gasteiger partial charge in [0.25, 0.3) is 0 Å². The van der Waals surface area contributed by atoms with E-state index in [2.05, 4.69) is 30.3 Å². The van der Waals surface area contributed by atoms with E-state index in [1.165, 1.54) is 10.8 Å². The molecule has 21 heavy (non-hydrogen) atoms. The molecule has 2 N–H and O–H groups in total. The largest absolute Gasteiger partial charge is 0.496 e. The lowest BCUT2D eigenvalue weighted by molar-refractivity contribution is 0.408. The number of rotatable bonds is 3. The molecule has 0 amide bonds. The number of ether oxygens (including phenoxy) is 1. The number of benzene rings is 3. The molecule has 3 heteroatoms. The van der Waals surface area contributed by atoms with Gasteiger partial charge < -0.3 is 10.5 Å². The van der Waals surface area contributed by atoms with Gasteiger partial charge in [0.05, 0.1) is 13.2 Å². The fraction of sp³-hybridized carbons (Fsp3) is 0.111. The molecule has 1 unspecified atom stereocenters. The highest BCUT2D eigenvalue weighted by atomic mass is 35.5. The average molecular weight is 298 g/mol. The molecule has 3 rings (SSSR count). The van der Waals surface area contributed by atoms with Crippen molar-refractivity contribution in [2.75, 3.05) is 7.11 Å². The summed E-state index contributed by atoms with van der Waals surface area (Å²) in [6, 6.07) is 19.8. The minimum Gasteiger partial charge on any atom is -0.496 e. The van der Waals surface area contributed by atoms with Crippen LogP contribution < -0.4 is 10.5 Å². The van der Waals surface area contributed by atoms with Crippen LogP contribution in [0.15, 0.2) is 60.7 Å². The van der Waals surface area contributed by atoms with Gasteiger partial charge in [-0.3, -0.25) is 0 Å². The maximum Gasteiger partial charge on any atom is 0.125 e. The molecule has 0 radical (unpaired) electrons. The Kier molecular flexibility index (Phi) is 3.82. The predicted octanol–water partition coefficient (Wildman–Crippen LogP) is 4.55. The van der Waals surface area contributed by atoms with Gasteiger partial charge in [0.1, 0.15) is 5.75 Å². The molecule has 0 bridgehead atoms. The lowest BCUT2D eigenvalue weighted by Crippen LogP contribution is -2.13. The van der Waals surface area contributed by atoms with Crippen LogP contribution in [0, 0.1) is 0 Å². The van der Waals surface area contributed by atoms with Crippen molar-refractivity contribution in [3.05, 3.63) is 76.8 Å². The fourth-order valence-electron chi connectivity index (χ4n) is 2.52. The SMILES string of the molecule is COc1cc(Cl)ccc1C(N)c1ccc2ccccc2c1. The molecular weight excluding hydrogens is 282 g/mol. The first-order chi connectivity index (χ1) is 10.2. The van der Waals surface area contributed by atoms with Gasteiger partial charge in [-0.15, -0.1) is 0 Å². The van der Waals surface area contributed by atoms with E-state index >= 15 is 0 Å². The highest BCUT2D eigenvalue weighted by molar-refractivity contribution is 6.30. The zero-order valence-corrected chi connectivity index (χ0v) is 12.5. The minimum absolute atomic E-state index is 0.248. The van der Waals surface area contributed by atoms with Gasteiger partial charge in [-0.05, 0) is 34.5 Å². The van der Waals surface area contributed by atoms with Crippen molar-refractivity contribution in [3.8, 4) is 5.75 Å². The molecule has 0 aliphatic rings. The quantitative estimate of drug-likeness (QED) is 0.770. The average Bonchev–Trinajstić information content (AvgIpc) is 2.53. The van der Waals surface area contributed by atoms with Gasteiger partial charge in [0, 0.05) is 10.6 Å². The van der Waals surface area contributed by atoms with E-state index in [1.807, 2.05) is 24.3 Å². The maximum atomic E-state index is 6.41. The van der Waals surface area contributed by atoms with Crippen molar-refractivity contribution in [2.24, 2.45) is 5.73 Å². The van der Waals surface area contributed by atoms with Crippen LogP contribution in [0.2, 0.25) is 5.02 Å². The van der Waals surface area contributed by atoms with Crippen molar-refractivity contribution >= 4 is 22.4 Å². The van der Waals surface area contributed by atoms with Crippen LogP contribution in [-0.2, 0) is 0 Å². The molecule has 3 aromatic rings. The van der Waals surface area contributed by atoms with Crippen molar-refractivity contribution in [1.82, 2.24) is 0 Å². The van der Waals surface area contributed by atoms with Crippen molar-refractivity contribution < 1.29 is 4.74 Å². The summed E-state index contributed by atoms with van der Waals surface area (Å²) in [5.74, 6) is 0.711. The zero-order valence-electron chi connectivity index (χ0n) is 11.7. The van der Waals surface area contributed by atoms with Crippen molar-refractivity contribution in [2.45, 2.75) is 6.04 Å². The first-order valence-corrected chi connectivity index (χ1v) is 7.14. The molecule has 3 aromatic carbocycles. The molecule has 0 aliphatic heterocycles. The Morgan fingerprint density at radius 3 is 2.48 bits per heavy atom. The number of halogens is 1. The van der Waals surface area contributed by atoms with Crippen molar-refractivity contribution in [3.63, 3.8) is 0 Å². The third kappa shape index (κ3) is 2.73. The molecule has 0 saturated heterocycles. The summed E-state index contributed by atoms with van der Waals surface area (Å²) in [6.07, 6.45) is 0. The Balaban J connectivity index is 2.05. The summed E-state index contributed by atoms with van der Waals surface area (Å²) in [5.41, 5.74) is 8.39. The molecule has 1 atom stereocenters. The molecule has 0 aromatic heterocycles. The van der Waals surface area contributed by atoms with Gasteiger partial charge in [-0.25, -0.2) is 0 Å². The molecule has 0 heterocycles. The number of nitrogens with two attached hydrogens (primary N) is 1. The number of hydrogen-bond donors (Lipinski definition) is 1. The lowest BCUT2D eigenvalue weighted by atomic mass is 9.96. The summed E-state index contributed by atoms with van der Waals surface area (Å²) in [6.45, 7) is 0. The van der Waals surface area contributed by atoms with E-state index in [-0.39, 0.29) is 6.04 Å². The minimum atomic E-state index is -0.248. The first-order valence-electron chi connectivity index (χ1n) is 6.77. The number of methoxy groups -OCH3 is 1. The van der Waals surface area contributed by atoms with E-state index < -0.39 is 0 Å². The number of fused-ring (bicyclic) bond motifs is 1. The second-order valence-electron chi connectivity index (χ2n) is 4.97. The summed E-state index contributed by atoms with van der Waals surface area (Å²) in [5, 5.41) is 3.02. The van der Waals surface area contributed by atoms with E-state index in [0.717, 1.165) is 11.1 Å². The fourth-order valence-corrected chi connectivity index (χ4v) is 2.68. The summed E-state index contributed by atoms with van der Waals surface area (Å²) < 4.78 is 5.39. The van der Waals surface area contributed by atoms with Crippen molar-refractivity contribution in [1.29, 1.82) is 0 Å². The summed E-state index contributed by atoms with van der Waals surface area (Å²) in [7, 11) is 1.63. The predicted molar refractivity (Wildman–Crippen MR) is 88.0 cm³/mol. The van der Waals surface area contributed by atoms with Crippen LogP contribution in [0.3, 0.4) is 0 Å². The highest BCUT2D eigenvalue weighted by Gasteiger charge is 2.14. The van der Waals surface area contributed by atoms with E-state index in [0.29, 0.717) is 10.8 Å². The second-order valence-corrected chi connectivity index (χ2v) is 5.41.